The number of carbonyl (C=O) groups excluding carboxylic acids is 1. The van der Waals surface area contributed by atoms with E-state index in [0.717, 1.165) is 11.1 Å². The number of carboxylic acids is 1. The van der Waals surface area contributed by atoms with Crippen molar-refractivity contribution in [1.29, 1.82) is 0 Å². The van der Waals surface area contributed by atoms with E-state index in [1.807, 2.05) is 48.5 Å². The van der Waals surface area contributed by atoms with Crippen LogP contribution in [0.4, 0.5) is 0 Å². The summed E-state index contributed by atoms with van der Waals surface area (Å²) in [6.45, 7) is 0.887. The first-order valence-corrected chi connectivity index (χ1v) is 8.34. The molecule has 26 heavy (non-hydrogen) atoms. The van der Waals surface area contributed by atoms with Crippen molar-refractivity contribution < 1.29 is 14.7 Å². The molecule has 0 saturated heterocycles. The van der Waals surface area contributed by atoms with Crippen molar-refractivity contribution >= 4 is 11.9 Å². The summed E-state index contributed by atoms with van der Waals surface area (Å²) in [5.74, 6) is -1.02. The molecule has 1 N–H and O–H groups in total. The molecule has 3 rings (SSSR count). The van der Waals surface area contributed by atoms with Gasteiger partial charge in [0.25, 0.3) is 5.91 Å². The molecule has 0 unspecified atom stereocenters. The van der Waals surface area contributed by atoms with E-state index in [4.69, 9.17) is 5.11 Å². The van der Waals surface area contributed by atoms with Crippen LogP contribution in [0.5, 0.6) is 0 Å². The van der Waals surface area contributed by atoms with Gasteiger partial charge in [-0.25, -0.2) is 4.79 Å². The van der Waals surface area contributed by atoms with Crippen molar-refractivity contribution in [2.24, 2.45) is 0 Å². The van der Waals surface area contributed by atoms with E-state index in [2.05, 4.69) is 0 Å². The molecule has 0 spiro atoms. The molecule has 0 atom stereocenters. The van der Waals surface area contributed by atoms with Crippen LogP contribution >= 0.6 is 0 Å². The molecule has 4 heteroatoms. The maximum Gasteiger partial charge on any atom is 0.335 e. The number of benzene rings is 3. The van der Waals surface area contributed by atoms with Crippen LogP contribution in [-0.4, -0.2) is 21.9 Å². The number of carboxylic acid groups (broad SMARTS) is 1. The first-order valence-electron chi connectivity index (χ1n) is 8.34. The van der Waals surface area contributed by atoms with Gasteiger partial charge in [0.2, 0.25) is 0 Å². The van der Waals surface area contributed by atoms with E-state index in [0.29, 0.717) is 18.7 Å². The smallest absolute Gasteiger partial charge is 0.335 e. The quantitative estimate of drug-likeness (QED) is 0.727. The lowest BCUT2D eigenvalue weighted by molar-refractivity contribution is 0.0693. The number of nitrogens with zero attached hydrogens (tertiary/aromatic N) is 1. The molecule has 0 heterocycles. The normalized spacial score (nSPS) is 10.3. The van der Waals surface area contributed by atoms with E-state index in [1.54, 1.807) is 41.3 Å². The second-order valence-electron chi connectivity index (χ2n) is 6.01. The summed E-state index contributed by atoms with van der Waals surface area (Å²) in [6, 6.07) is 25.6. The van der Waals surface area contributed by atoms with E-state index in [-0.39, 0.29) is 11.5 Å². The van der Waals surface area contributed by atoms with Crippen molar-refractivity contribution in [3.63, 3.8) is 0 Å². The van der Waals surface area contributed by atoms with E-state index in [9.17, 15) is 9.59 Å². The minimum Gasteiger partial charge on any atom is -0.478 e. The molecule has 0 fully saturated rings. The van der Waals surface area contributed by atoms with Crippen molar-refractivity contribution in [1.82, 2.24) is 4.90 Å². The maximum atomic E-state index is 13.0. The van der Waals surface area contributed by atoms with Crippen LogP contribution < -0.4 is 0 Å². The Kier molecular flexibility index (Phi) is 5.44. The molecule has 3 aromatic rings. The fraction of sp³-hybridized carbons (Fsp3) is 0.0909. The monoisotopic (exact) mass is 345 g/mol. The second kappa shape index (κ2) is 8.12. The maximum absolute atomic E-state index is 13.0. The lowest BCUT2D eigenvalue weighted by Crippen LogP contribution is -2.30. The van der Waals surface area contributed by atoms with Crippen LogP contribution in [0.1, 0.15) is 31.8 Å². The molecule has 0 aliphatic rings. The van der Waals surface area contributed by atoms with Gasteiger partial charge in [0.1, 0.15) is 0 Å². The molecule has 130 valence electrons. The van der Waals surface area contributed by atoms with E-state index < -0.39 is 5.97 Å². The Morgan fingerprint density at radius 2 is 1.15 bits per heavy atom. The molecular weight excluding hydrogens is 326 g/mol. The summed E-state index contributed by atoms with van der Waals surface area (Å²) in [6.07, 6.45) is 0. The molecule has 0 bridgehead atoms. The van der Waals surface area contributed by atoms with Crippen molar-refractivity contribution in [3.8, 4) is 0 Å². The Morgan fingerprint density at radius 1 is 0.654 bits per heavy atom. The van der Waals surface area contributed by atoms with Crippen LogP contribution in [-0.2, 0) is 13.1 Å². The highest BCUT2D eigenvalue weighted by molar-refractivity contribution is 5.94. The van der Waals surface area contributed by atoms with Gasteiger partial charge in [0.15, 0.2) is 0 Å². The summed E-state index contributed by atoms with van der Waals surface area (Å²) >= 11 is 0. The predicted molar refractivity (Wildman–Crippen MR) is 99.9 cm³/mol. The Morgan fingerprint density at radius 3 is 1.69 bits per heavy atom. The van der Waals surface area contributed by atoms with Crippen molar-refractivity contribution in [2.75, 3.05) is 0 Å². The minimum absolute atomic E-state index is 0.0586. The molecule has 0 radical (unpaired) electrons. The standard InChI is InChI=1S/C22H19NO3/c24-21(19-9-5-2-6-10-19)23(15-17-7-3-1-4-8-17)16-18-11-13-20(14-12-18)22(25)26/h1-14H,15-16H2,(H,25,26). The molecule has 1 amide bonds. The molecule has 0 aliphatic heterocycles. The zero-order valence-electron chi connectivity index (χ0n) is 14.2. The number of aromatic carboxylic acids is 1. The second-order valence-corrected chi connectivity index (χ2v) is 6.01. The van der Waals surface area contributed by atoms with Gasteiger partial charge in [0, 0.05) is 18.7 Å². The van der Waals surface area contributed by atoms with Gasteiger partial charge in [-0.2, -0.15) is 0 Å². The minimum atomic E-state index is -0.960. The summed E-state index contributed by atoms with van der Waals surface area (Å²) < 4.78 is 0. The lowest BCUT2D eigenvalue weighted by atomic mass is 10.1. The number of rotatable bonds is 6. The molecule has 4 nitrogen and oxygen atoms in total. The lowest BCUT2D eigenvalue weighted by Gasteiger charge is -2.23. The van der Waals surface area contributed by atoms with Crippen LogP contribution in [0.3, 0.4) is 0 Å². The topological polar surface area (TPSA) is 57.6 Å². The number of hydrogen-bond acceptors (Lipinski definition) is 2. The third-order valence-electron chi connectivity index (χ3n) is 4.10. The average molecular weight is 345 g/mol. The van der Waals surface area contributed by atoms with Crippen LogP contribution in [0.2, 0.25) is 0 Å². The van der Waals surface area contributed by atoms with Crippen LogP contribution in [0, 0.1) is 0 Å². The fourth-order valence-corrected chi connectivity index (χ4v) is 2.74. The predicted octanol–water partition coefficient (Wildman–Crippen LogP) is 4.23. The highest BCUT2D eigenvalue weighted by Gasteiger charge is 2.16. The summed E-state index contributed by atoms with van der Waals surface area (Å²) in [5, 5.41) is 9.02. The van der Waals surface area contributed by atoms with Gasteiger partial charge in [-0.1, -0.05) is 60.7 Å². The highest BCUT2D eigenvalue weighted by Crippen LogP contribution is 2.15. The first kappa shape index (κ1) is 17.4. The summed E-state index contributed by atoms with van der Waals surface area (Å²) in [7, 11) is 0. The third kappa shape index (κ3) is 4.36. The zero-order valence-corrected chi connectivity index (χ0v) is 14.2. The Bertz CT molecular complexity index is 874. The molecule has 0 aromatic heterocycles. The Labute approximate surface area is 152 Å². The number of amides is 1. The van der Waals surface area contributed by atoms with E-state index in [1.165, 1.54) is 0 Å². The van der Waals surface area contributed by atoms with Crippen molar-refractivity contribution in [3.05, 3.63) is 107 Å². The fourth-order valence-electron chi connectivity index (χ4n) is 2.74. The van der Waals surface area contributed by atoms with Gasteiger partial charge in [-0.3, -0.25) is 4.79 Å². The number of carbonyl (C=O) groups is 2. The van der Waals surface area contributed by atoms with Crippen LogP contribution in [0.15, 0.2) is 84.9 Å². The van der Waals surface area contributed by atoms with Gasteiger partial charge in [-0.15, -0.1) is 0 Å². The van der Waals surface area contributed by atoms with Crippen molar-refractivity contribution in [2.45, 2.75) is 13.1 Å². The largest absolute Gasteiger partial charge is 0.478 e. The highest BCUT2D eigenvalue weighted by atomic mass is 16.4. The van der Waals surface area contributed by atoms with Crippen LogP contribution in [0.25, 0.3) is 0 Å². The third-order valence-corrected chi connectivity index (χ3v) is 4.10. The summed E-state index contributed by atoms with van der Waals surface area (Å²) in [4.78, 5) is 25.7. The molecule has 0 saturated carbocycles. The van der Waals surface area contributed by atoms with Gasteiger partial charge in [-0.05, 0) is 35.4 Å². The molecule has 3 aromatic carbocycles. The molecule has 0 aliphatic carbocycles. The van der Waals surface area contributed by atoms with Gasteiger partial charge >= 0.3 is 5.97 Å². The Hall–Kier alpha value is -3.40. The Balaban J connectivity index is 1.84. The van der Waals surface area contributed by atoms with E-state index >= 15 is 0 Å². The van der Waals surface area contributed by atoms with Gasteiger partial charge in [0.05, 0.1) is 5.56 Å². The molecular formula is C22H19NO3. The van der Waals surface area contributed by atoms with Gasteiger partial charge < -0.3 is 10.0 Å². The average Bonchev–Trinajstić information content (AvgIpc) is 2.69. The zero-order chi connectivity index (χ0) is 18.4. The SMILES string of the molecule is O=C(O)c1ccc(CN(Cc2ccccc2)C(=O)c2ccccc2)cc1. The first-order chi connectivity index (χ1) is 12.6. The number of hydrogen-bond donors (Lipinski definition) is 1. The summed E-state index contributed by atoms with van der Waals surface area (Å²) in [5.41, 5.74) is 2.79.